The van der Waals surface area contributed by atoms with E-state index >= 15 is 0 Å². The van der Waals surface area contributed by atoms with Crippen molar-refractivity contribution in [2.75, 3.05) is 39.3 Å². The van der Waals surface area contributed by atoms with Crippen LogP contribution in [0.3, 0.4) is 0 Å². The molecule has 10 nitrogen and oxygen atoms in total. The average Bonchev–Trinajstić information content (AvgIpc) is 3.21. The molecule has 1 aromatic rings. The summed E-state index contributed by atoms with van der Waals surface area (Å²) in [6.07, 6.45) is 0.957. The maximum absolute atomic E-state index is 14.1. The van der Waals surface area contributed by atoms with Crippen molar-refractivity contribution in [2.24, 2.45) is 0 Å². The minimum absolute atomic E-state index is 0.0275. The van der Waals surface area contributed by atoms with Gasteiger partial charge in [0.15, 0.2) is 0 Å². The Hall–Kier alpha value is -2.64. The number of nitrogens with zero attached hydrogens (tertiary/aromatic N) is 2. The van der Waals surface area contributed by atoms with Gasteiger partial charge in [0.2, 0.25) is 15.9 Å². The van der Waals surface area contributed by atoms with Crippen LogP contribution in [-0.2, 0) is 29.1 Å². The monoisotopic (exact) mass is 488 g/mol. The van der Waals surface area contributed by atoms with E-state index in [1.54, 1.807) is 4.90 Å². The second-order valence-corrected chi connectivity index (χ2v) is 9.53. The number of hydrogen-bond acceptors (Lipinski definition) is 6. The highest BCUT2D eigenvalue weighted by atomic mass is 32.2. The molecular formula is C20H26F2N4O6S. The smallest absolute Gasteiger partial charge is 0.309 e. The van der Waals surface area contributed by atoms with Crippen molar-refractivity contribution in [1.82, 2.24) is 19.8 Å². The fourth-order valence-electron chi connectivity index (χ4n) is 3.66. The van der Waals surface area contributed by atoms with Crippen LogP contribution in [0.4, 0.5) is 8.78 Å². The number of likely N-dealkylation sites (tertiary alicyclic amines) is 1. The van der Waals surface area contributed by atoms with E-state index in [4.69, 9.17) is 4.74 Å². The zero-order chi connectivity index (χ0) is 24.0. The van der Waals surface area contributed by atoms with E-state index in [1.807, 2.05) is 0 Å². The van der Waals surface area contributed by atoms with Gasteiger partial charge in [0.05, 0.1) is 13.2 Å². The zero-order valence-electron chi connectivity index (χ0n) is 17.9. The van der Waals surface area contributed by atoms with Crippen LogP contribution in [0.25, 0.3) is 0 Å². The third kappa shape index (κ3) is 6.24. The molecule has 2 saturated heterocycles. The molecule has 2 aliphatic heterocycles. The number of sulfonamides is 1. The zero-order valence-corrected chi connectivity index (χ0v) is 18.7. The summed E-state index contributed by atoms with van der Waals surface area (Å²) in [7, 11) is -4.45. The molecule has 0 aliphatic carbocycles. The lowest BCUT2D eigenvalue weighted by Gasteiger charge is -2.34. The molecule has 2 aliphatic rings. The van der Waals surface area contributed by atoms with Crippen molar-refractivity contribution < 1.29 is 36.3 Å². The molecule has 33 heavy (non-hydrogen) atoms. The Kier molecular flexibility index (Phi) is 8.32. The number of carbonyl (C=O) groups excluding carboxylic acids is 3. The van der Waals surface area contributed by atoms with Crippen molar-refractivity contribution in [3.8, 4) is 0 Å². The molecule has 2 N–H and O–H groups in total. The maximum atomic E-state index is 14.1. The van der Waals surface area contributed by atoms with Gasteiger partial charge in [-0.3, -0.25) is 14.4 Å². The van der Waals surface area contributed by atoms with Gasteiger partial charge in [-0.2, -0.15) is 4.31 Å². The highest BCUT2D eigenvalue weighted by molar-refractivity contribution is 7.89. The minimum Gasteiger partial charge on any atom is -0.360 e. The predicted molar refractivity (Wildman–Crippen MR) is 111 cm³/mol. The molecule has 0 bridgehead atoms. The Morgan fingerprint density at radius 3 is 2.61 bits per heavy atom. The van der Waals surface area contributed by atoms with Gasteiger partial charge in [-0.05, 0) is 37.5 Å². The third-order valence-corrected chi connectivity index (χ3v) is 7.24. The van der Waals surface area contributed by atoms with Gasteiger partial charge in [-0.25, -0.2) is 17.2 Å². The molecule has 1 atom stereocenters. The number of amides is 3. The van der Waals surface area contributed by atoms with E-state index in [1.165, 1.54) is 0 Å². The average molecular weight is 489 g/mol. The highest BCUT2D eigenvalue weighted by Crippen LogP contribution is 2.24. The molecule has 3 rings (SSSR count). The number of benzene rings is 1. The number of nitrogens with one attached hydrogen (secondary N) is 2. The summed E-state index contributed by atoms with van der Waals surface area (Å²) in [5.74, 6) is -3.85. The van der Waals surface area contributed by atoms with Gasteiger partial charge in [0.1, 0.15) is 22.8 Å². The van der Waals surface area contributed by atoms with Gasteiger partial charge in [0.25, 0.3) is 0 Å². The van der Waals surface area contributed by atoms with Gasteiger partial charge >= 0.3 is 11.8 Å². The van der Waals surface area contributed by atoms with Crippen LogP contribution in [0.1, 0.15) is 25.7 Å². The molecule has 1 aromatic carbocycles. The van der Waals surface area contributed by atoms with Crippen LogP contribution >= 0.6 is 0 Å². The van der Waals surface area contributed by atoms with Crippen molar-refractivity contribution in [2.45, 2.75) is 36.8 Å². The Balaban J connectivity index is 1.52. The van der Waals surface area contributed by atoms with Crippen molar-refractivity contribution in [3.05, 3.63) is 29.8 Å². The van der Waals surface area contributed by atoms with E-state index in [9.17, 15) is 31.6 Å². The summed E-state index contributed by atoms with van der Waals surface area (Å²) in [5.41, 5.74) is 0. The van der Waals surface area contributed by atoms with Crippen LogP contribution in [0.5, 0.6) is 0 Å². The van der Waals surface area contributed by atoms with Crippen LogP contribution in [0.15, 0.2) is 23.1 Å². The SMILES string of the molecule is O=C(NCCCN1CCCC1=O)C(=O)NC[C@@H]1OCCCN1S(=O)(=O)c1cc(F)ccc1F. The van der Waals surface area contributed by atoms with Crippen molar-refractivity contribution >= 4 is 27.7 Å². The minimum atomic E-state index is -4.45. The lowest BCUT2D eigenvalue weighted by Crippen LogP contribution is -2.53. The normalized spacial score (nSPS) is 19.5. The van der Waals surface area contributed by atoms with Crippen LogP contribution in [-0.4, -0.2) is 80.9 Å². The molecule has 2 fully saturated rings. The maximum Gasteiger partial charge on any atom is 0.309 e. The summed E-state index contributed by atoms with van der Waals surface area (Å²) in [6.45, 7) is 1.17. The summed E-state index contributed by atoms with van der Waals surface area (Å²) in [5, 5.41) is 4.74. The molecule has 0 radical (unpaired) electrons. The van der Waals surface area contributed by atoms with Gasteiger partial charge in [0, 0.05) is 32.6 Å². The highest BCUT2D eigenvalue weighted by Gasteiger charge is 2.36. The predicted octanol–water partition coefficient (Wildman–Crippen LogP) is -0.0532. The second-order valence-electron chi connectivity index (χ2n) is 7.67. The number of carbonyl (C=O) groups is 3. The van der Waals surface area contributed by atoms with Crippen molar-refractivity contribution in [3.63, 3.8) is 0 Å². The third-order valence-electron chi connectivity index (χ3n) is 5.34. The van der Waals surface area contributed by atoms with Crippen LogP contribution in [0, 0.1) is 11.6 Å². The van der Waals surface area contributed by atoms with Gasteiger partial charge < -0.3 is 20.3 Å². The Bertz CT molecular complexity index is 1010. The first-order valence-corrected chi connectivity index (χ1v) is 12.1. The fraction of sp³-hybridized carbons (Fsp3) is 0.550. The van der Waals surface area contributed by atoms with E-state index < -0.39 is 44.6 Å². The summed E-state index contributed by atoms with van der Waals surface area (Å²) in [6, 6.07) is 2.10. The second kappa shape index (κ2) is 11.0. The lowest BCUT2D eigenvalue weighted by molar-refractivity contribution is -0.140. The summed E-state index contributed by atoms with van der Waals surface area (Å²) < 4.78 is 59.6. The standard InChI is InChI=1S/C20H26F2N4O6S/c21-14-5-6-15(22)16(12-14)33(30,31)26-10-3-11-32-18(26)13-24-20(29)19(28)23-7-2-9-25-8-1-4-17(25)27/h5-6,12,18H,1-4,7-11,13H2,(H,23,28)(H,24,29)/t18-/m0/s1. The van der Waals surface area contributed by atoms with Gasteiger partial charge in [-0.15, -0.1) is 0 Å². The van der Waals surface area contributed by atoms with E-state index in [0.717, 1.165) is 16.8 Å². The first-order valence-electron chi connectivity index (χ1n) is 10.6. The topological polar surface area (TPSA) is 125 Å². The molecular weight excluding hydrogens is 462 g/mol. The molecule has 0 aromatic heterocycles. The van der Waals surface area contributed by atoms with Crippen molar-refractivity contribution in [1.29, 1.82) is 0 Å². The number of rotatable bonds is 8. The van der Waals surface area contributed by atoms with E-state index in [0.29, 0.717) is 44.5 Å². The number of halogens is 2. The quantitative estimate of drug-likeness (QED) is 0.390. The van der Waals surface area contributed by atoms with E-state index in [-0.39, 0.29) is 32.1 Å². The molecule has 13 heteroatoms. The lowest BCUT2D eigenvalue weighted by atomic mass is 10.3. The molecule has 3 amide bonds. The molecule has 0 spiro atoms. The Morgan fingerprint density at radius 1 is 1.12 bits per heavy atom. The molecule has 2 heterocycles. The van der Waals surface area contributed by atoms with Crippen LogP contribution in [0.2, 0.25) is 0 Å². The fourth-order valence-corrected chi connectivity index (χ4v) is 5.30. The summed E-state index contributed by atoms with van der Waals surface area (Å²) >= 11 is 0. The molecule has 182 valence electrons. The van der Waals surface area contributed by atoms with Crippen LogP contribution < -0.4 is 10.6 Å². The number of ether oxygens (including phenoxy) is 1. The Labute approximate surface area is 190 Å². The first kappa shape index (κ1) is 25.0. The number of hydrogen-bond donors (Lipinski definition) is 2. The Morgan fingerprint density at radius 2 is 1.88 bits per heavy atom. The van der Waals surface area contributed by atoms with Gasteiger partial charge in [-0.1, -0.05) is 0 Å². The first-order chi connectivity index (χ1) is 15.7. The van der Waals surface area contributed by atoms with E-state index in [2.05, 4.69) is 10.6 Å². The molecule has 0 unspecified atom stereocenters. The summed E-state index contributed by atoms with van der Waals surface area (Å²) in [4.78, 5) is 36.5. The molecule has 0 saturated carbocycles. The largest absolute Gasteiger partial charge is 0.360 e.